The highest BCUT2D eigenvalue weighted by Gasteiger charge is 2.30. The summed E-state index contributed by atoms with van der Waals surface area (Å²) < 4.78 is 11.2. The van der Waals surface area contributed by atoms with Crippen LogP contribution in [0.15, 0.2) is 72.5 Å². The second-order valence-corrected chi connectivity index (χ2v) is 6.99. The topological polar surface area (TPSA) is 95.7 Å². The summed E-state index contributed by atoms with van der Waals surface area (Å²) in [5.41, 5.74) is 2.09. The maximum atomic E-state index is 12.7. The number of carbonyl (C=O) groups is 2. The Kier molecular flexibility index (Phi) is 5.32. The maximum Gasteiger partial charge on any atom is 0.315 e. The highest BCUT2D eigenvalue weighted by molar-refractivity contribution is 6.15. The number of fused-ring (bicyclic) bond motifs is 1. The molecule has 0 aliphatic carbocycles. The quantitative estimate of drug-likeness (QED) is 0.198. The number of Topliss-reactive ketones (excluding diaryl/α,β-unsaturated/α-hetero) is 1. The van der Waals surface area contributed by atoms with Crippen LogP contribution in [0.5, 0.6) is 11.5 Å². The van der Waals surface area contributed by atoms with Crippen molar-refractivity contribution < 1.29 is 24.0 Å². The Labute approximate surface area is 177 Å². The zero-order valence-electron chi connectivity index (χ0n) is 16.5. The van der Waals surface area contributed by atoms with Gasteiger partial charge in [-0.05, 0) is 36.3 Å². The molecule has 0 radical (unpaired) electrons. The molecule has 0 N–H and O–H groups in total. The van der Waals surface area contributed by atoms with Gasteiger partial charge in [0.1, 0.15) is 11.5 Å². The summed E-state index contributed by atoms with van der Waals surface area (Å²) in [6, 6.07) is 18.2. The van der Waals surface area contributed by atoms with E-state index in [4.69, 9.17) is 9.47 Å². The number of ketones is 1. The first kappa shape index (κ1) is 20.0. The van der Waals surface area contributed by atoms with Crippen molar-refractivity contribution in [3.63, 3.8) is 0 Å². The SMILES string of the molecule is Cc1c(OC(=O)Cc2ccccc2)ccc2c1O/C(=C\c1cccc([N+](=O)[O-])c1)C2=O. The number of benzene rings is 3. The molecule has 0 saturated heterocycles. The summed E-state index contributed by atoms with van der Waals surface area (Å²) in [5.74, 6) is -0.0974. The Morgan fingerprint density at radius 2 is 1.87 bits per heavy atom. The van der Waals surface area contributed by atoms with E-state index in [1.807, 2.05) is 30.3 Å². The molecular weight excluding hydrogens is 398 g/mol. The summed E-state index contributed by atoms with van der Waals surface area (Å²) in [5, 5.41) is 11.0. The molecule has 3 aromatic rings. The molecule has 7 heteroatoms. The number of esters is 1. The molecule has 0 spiro atoms. The van der Waals surface area contributed by atoms with Gasteiger partial charge in [-0.2, -0.15) is 0 Å². The number of carbonyl (C=O) groups excluding carboxylic acids is 2. The van der Waals surface area contributed by atoms with Gasteiger partial charge in [0.2, 0.25) is 5.78 Å². The molecule has 1 aliphatic rings. The van der Waals surface area contributed by atoms with E-state index < -0.39 is 10.9 Å². The van der Waals surface area contributed by atoms with Crippen molar-refractivity contribution in [2.24, 2.45) is 0 Å². The molecule has 3 aromatic carbocycles. The third-order valence-electron chi connectivity index (χ3n) is 4.83. The van der Waals surface area contributed by atoms with E-state index in [2.05, 4.69) is 0 Å². The number of allylic oxidation sites excluding steroid dienone is 1. The fourth-order valence-electron chi connectivity index (χ4n) is 3.28. The minimum Gasteiger partial charge on any atom is -0.452 e. The van der Waals surface area contributed by atoms with Gasteiger partial charge in [0.25, 0.3) is 5.69 Å². The van der Waals surface area contributed by atoms with Gasteiger partial charge in [0, 0.05) is 17.7 Å². The van der Waals surface area contributed by atoms with Crippen LogP contribution in [0, 0.1) is 17.0 Å². The van der Waals surface area contributed by atoms with Gasteiger partial charge in [0.15, 0.2) is 5.76 Å². The number of non-ortho nitro benzene ring substituents is 1. The van der Waals surface area contributed by atoms with Crippen molar-refractivity contribution in [2.75, 3.05) is 0 Å². The second kappa shape index (κ2) is 8.23. The lowest BCUT2D eigenvalue weighted by atomic mass is 10.1. The molecular formula is C24H17NO6. The average Bonchev–Trinajstić information content (AvgIpc) is 3.07. The molecule has 0 saturated carbocycles. The summed E-state index contributed by atoms with van der Waals surface area (Å²) in [7, 11) is 0. The molecule has 31 heavy (non-hydrogen) atoms. The van der Waals surface area contributed by atoms with Gasteiger partial charge in [-0.1, -0.05) is 42.5 Å². The van der Waals surface area contributed by atoms with Crippen LogP contribution in [-0.2, 0) is 11.2 Å². The van der Waals surface area contributed by atoms with Gasteiger partial charge in [0.05, 0.1) is 16.9 Å². The Morgan fingerprint density at radius 1 is 1.10 bits per heavy atom. The van der Waals surface area contributed by atoms with Crippen molar-refractivity contribution >= 4 is 23.5 Å². The van der Waals surface area contributed by atoms with Crippen LogP contribution >= 0.6 is 0 Å². The van der Waals surface area contributed by atoms with Crippen LogP contribution in [0.25, 0.3) is 6.08 Å². The van der Waals surface area contributed by atoms with Gasteiger partial charge in [-0.25, -0.2) is 0 Å². The number of hydrogen-bond donors (Lipinski definition) is 0. The zero-order chi connectivity index (χ0) is 22.0. The molecule has 0 unspecified atom stereocenters. The van der Waals surface area contributed by atoms with E-state index in [1.54, 1.807) is 25.1 Å². The second-order valence-electron chi connectivity index (χ2n) is 6.99. The van der Waals surface area contributed by atoms with E-state index >= 15 is 0 Å². The molecule has 0 amide bonds. The van der Waals surface area contributed by atoms with E-state index in [0.29, 0.717) is 28.2 Å². The molecule has 7 nitrogen and oxygen atoms in total. The summed E-state index contributed by atoms with van der Waals surface area (Å²) in [6.45, 7) is 1.70. The average molecular weight is 415 g/mol. The number of nitrogens with zero attached hydrogens (tertiary/aromatic N) is 1. The standard InChI is InChI=1S/C24H17NO6/c1-15-20(30-22(26)14-16-6-3-2-4-7-16)11-10-19-23(27)21(31-24(15)19)13-17-8-5-9-18(12-17)25(28)29/h2-13H,14H2,1H3/b21-13-. The van der Waals surface area contributed by atoms with Gasteiger partial charge < -0.3 is 9.47 Å². The van der Waals surface area contributed by atoms with E-state index in [-0.39, 0.29) is 23.7 Å². The molecule has 1 heterocycles. The van der Waals surface area contributed by atoms with Crippen molar-refractivity contribution in [3.05, 3.63) is 105 Å². The van der Waals surface area contributed by atoms with Gasteiger partial charge in [-0.3, -0.25) is 19.7 Å². The van der Waals surface area contributed by atoms with Crippen LogP contribution in [0.4, 0.5) is 5.69 Å². The number of hydrogen-bond acceptors (Lipinski definition) is 6. The molecule has 154 valence electrons. The van der Waals surface area contributed by atoms with Crippen LogP contribution in [-0.4, -0.2) is 16.7 Å². The molecule has 0 fully saturated rings. The summed E-state index contributed by atoms with van der Waals surface area (Å²) in [6.07, 6.45) is 1.57. The molecule has 0 atom stereocenters. The summed E-state index contributed by atoms with van der Waals surface area (Å²) >= 11 is 0. The fourth-order valence-corrected chi connectivity index (χ4v) is 3.28. The first-order chi connectivity index (χ1) is 14.9. The Morgan fingerprint density at radius 3 is 2.61 bits per heavy atom. The third-order valence-corrected chi connectivity index (χ3v) is 4.83. The normalized spacial score (nSPS) is 13.6. The Balaban J connectivity index is 1.56. The van der Waals surface area contributed by atoms with E-state index in [9.17, 15) is 19.7 Å². The Hall–Kier alpha value is -4.26. The monoisotopic (exact) mass is 415 g/mol. The molecule has 1 aliphatic heterocycles. The third kappa shape index (κ3) is 4.20. The maximum absolute atomic E-state index is 12.7. The lowest BCUT2D eigenvalue weighted by molar-refractivity contribution is -0.384. The minimum atomic E-state index is -0.506. The zero-order valence-corrected chi connectivity index (χ0v) is 16.5. The lowest BCUT2D eigenvalue weighted by Crippen LogP contribution is -2.12. The van der Waals surface area contributed by atoms with Crippen molar-refractivity contribution in [2.45, 2.75) is 13.3 Å². The summed E-state index contributed by atoms with van der Waals surface area (Å²) in [4.78, 5) is 35.5. The molecule has 0 aromatic heterocycles. The minimum absolute atomic E-state index is 0.0476. The van der Waals surface area contributed by atoms with Crippen molar-refractivity contribution in [1.29, 1.82) is 0 Å². The first-order valence-corrected chi connectivity index (χ1v) is 9.49. The van der Waals surface area contributed by atoms with Gasteiger partial charge in [-0.15, -0.1) is 0 Å². The number of nitro benzene ring substituents is 1. The highest BCUT2D eigenvalue weighted by atomic mass is 16.6. The predicted octanol–water partition coefficient (Wildman–Crippen LogP) is 4.67. The highest BCUT2D eigenvalue weighted by Crippen LogP contribution is 2.39. The largest absolute Gasteiger partial charge is 0.452 e. The van der Waals surface area contributed by atoms with E-state index in [0.717, 1.165) is 5.56 Å². The molecule has 4 rings (SSSR count). The molecule has 0 bridgehead atoms. The van der Waals surface area contributed by atoms with Crippen LogP contribution in [0.3, 0.4) is 0 Å². The first-order valence-electron chi connectivity index (χ1n) is 9.49. The lowest BCUT2D eigenvalue weighted by Gasteiger charge is -2.10. The van der Waals surface area contributed by atoms with Crippen molar-refractivity contribution in [1.82, 2.24) is 0 Å². The predicted molar refractivity (Wildman–Crippen MR) is 113 cm³/mol. The number of ether oxygens (including phenoxy) is 2. The fraction of sp³-hybridized carbons (Fsp3) is 0.0833. The van der Waals surface area contributed by atoms with Crippen LogP contribution < -0.4 is 9.47 Å². The van der Waals surface area contributed by atoms with Gasteiger partial charge >= 0.3 is 5.97 Å². The van der Waals surface area contributed by atoms with Crippen LogP contribution in [0.2, 0.25) is 0 Å². The van der Waals surface area contributed by atoms with Crippen molar-refractivity contribution in [3.8, 4) is 11.5 Å². The Bertz CT molecular complexity index is 1230. The number of rotatable bonds is 5. The van der Waals surface area contributed by atoms with E-state index in [1.165, 1.54) is 24.3 Å². The smallest absolute Gasteiger partial charge is 0.315 e. The number of nitro groups is 1. The van der Waals surface area contributed by atoms with Crippen LogP contribution in [0.1, 0.15) is 27.0 Å².